The van der Waals surface area contributed by atoms with Gasteiger partial charge in [0, 0.05) is 17.3 Å². The fraction of sp³-hybridized carbons (Fsp3) is 0.353. The molecule has 1 aliphatic rings. The van der Waals surface area contributed by atoms with E-state index in [1.807, 2.05) is 25.1 Å². The monoisotopic (exact) mass is 271 g/mol. The Morgan fingerprint density at radius 2 is 1.85 bits per heavy atom. The van der Waals surface area contributed by atoms with Crippen molar-refractivity contribution in [3.05, 3.63) is 58.4 Å². The van der Waals surface area contributed by atoms with Crippen molar-refractivity contribution in [2.24, 2.45) is 0 Å². The molecule has 0 saturated heterocycles. The lowest BCUT2D eigenvalue weighted by Crippen LogP contribution is -2.28. The van der Waals surface area contributed by atoms with Gasteiger partial charge in [-0.15, -0.1) is 0 Å². The van der Waals surface area contributed by atoms with Crippen LogP contribution in [0.1, 0.15) is 38.7 Å². The summed E-state index contributed by atoms with van der Waals surface area (Å²) in [6, 6.07) is 10.1. The molecule has 1 aromatic rings. The number of allylic oxidation sites excluding steroid dienone is 3. The van der Waals surface area contributed by atoms with Gasteiger partial charge in [0.05, 0.1) is 12.7 Å². The summed E-state index contributed by atoms with van der Waals surface area (Å²) in [4.78, 5) is 12.2. The minimum absolute atomic E-state index is 0.0186. The van der Waals surface area contributed by atoms with Gasteiger partial charge in [0.2, 0.25) is 0 Å². The molecule has 1 unspecified atom stereocenters. The van der Waals surface area contributed by atoms with E-state index in [1.54, 1.807) is 0 Å². The molecule has 0 aromatic heterocycles. The van der Waals surface area contributed by atoms with Crippen LogP contribution in [0.4, 0.5) is 0 Å². The Bertz CT molecular complexity index is 570. The fourth-order valence-corrected chi connectivity index (χ4v) is 2.90. The van der Waals surface area contributed by atoms with Gasteiger partial charge in [-0.1, -0.05) is 37.3 Å². The van der Waals surface area contributed by atoms with Crippen LogP contribution in [0.5, 0.6) is 0 Å². The summed E-state index contributed by atoms with van der Waals surface area (Å²) in [7, 11) is 1.43. The third-order valence-electron chi connectivity index (χ3n) is 3.82. The molecule has 0 fully saturated rings. The molecular formula is C17H21NO2. The number of benzene rings is 1. The van der Waals surface area contributed by atoms with Gasteiger partial charge in [-0.3, -0.25) is 0 Å². The molecule has 20 heavy (non-hydrogen) atoms. The van der Waals surface area contributed by atoms with Crippen molar-refractivity contribution in [2.45, 2.75) is 33.1 Å². The maximum absolute atomic E-state index is 12.2. The van der Waals surface area contributed by atoms with Gasteiger partial charge in [0.1, 0.15) is 0 Å². The third kappa shape index (κ3) is 2.48. The molecule has 3 heteroatoms. The molecule has 1 atom stereocenters. The smallest absolute Gasteiger partial charge is 0.336 e. The normalized spacial score (nSPS) is 18.9. The van der Waals surface area contributed by atoms with Gasteiger partial charge in [-0.05, 0) is 31.4 Å². The van der Waals surface area contributed by atoms with Crippen LogP contribution in [-0.4, -0.2) is 13.1 Å². The van der Waals surface area contributed by atoms with Gasteiger partial charge >= 0.3 is 5.97 Å². The molecule has 1 heterocycles. The van der Waals surface area contributed by atoms with Gasteiger partial charge < -0.3 is 10.1 Å². The van der Waals surface area contributed by atoms with Crippen LogP contribution in [0.25, 0.3) is 0 Å². The van der Waals surface area contributed by atoms with Crippen molar-refractivity contribution in [3.8, 4) is 0 Å². The molecule has 3 nitrogen and oxygen atoms in total. The highest BCUT2D eigenvalue weighted by atomic mass is 16.5. The van der Waals surface area contributed by atoms with Crippen LogP contribution in [0.15, 0.2) is 52.9 Å². The van der Waals surface area contributed by atoms with Crippen molar-refractivity contribution in [3.63, 3.8) is 0 Å². The number of hydrogen-bond acceptors (Lipinski definition) is 3. The number of rotatable bonds is 3. The molecule has 1 N–H and O–H groups in total. The lowest BCUT2D eigenvalue weighted by atomic mass is 9.79. The summed E-state index contributed by atoms with van der Waals surface area (Å²) >= 11 is 0. The molecule has 0 radical (unpaired) electrons. The van der Waals surface area contributed by atoms with Crippen molar-refractivity contribution in [2.75, 3.05) is 7.11 Å². The fourth-order valence-electron chi connectivity index (χ4n) is 2.90. The number of methoxy groups -OCH3 is 1. The first-order valence-electron chi connectivity index (χ1n) is 6.90. The van der Waals surface area contributed by atoms with Crippen LogP contribution in [0, 0.1) is 0 Å². The first kappa shape index (κ1) is 14.4. The lowest BCUT2D eigenvalue weighted by Gasteiger charge is -2.31. The molecule has 1 aromatic carbocycles. The van der Waals surface area contributed by atoms with E-state index in [0.29, 0.717) is 5.57 Å². The summed E-state index contributed by atoms with van der Waals surface area (Å²) in [5.41, 5.74) is 5.08. The Labute approximate surface area is 120 Å². The standard InChI is InChI=1S/C17H21NO2/c1-5-14-11(2)18-12(3)15(17(19)20-4)16(14)13-9-7-6-8-10-13/h6-10,16,18H,5H2,1-4H3. The molecule has 0 saturated carbocycles. The summed E-state index contributed by atoms with van der Waals surface area (Å²) in [5.74, 6) is -0.280. The Balaban J connectivity index is 2.59. The summed E-state index contributed by atoms with van der Waals surface area (Å²) in [6.45, 7) is 6.11. The molecule has 0 amide bonds. The van der Waals surface area contributed by atoms with E-state index in [1.165, 1.54) is 12.7 Å². The Kier molecular flexibility index (Phi) is 4.28. The van der Waals surface area contributed by atoms with Gasteiger partial charge in [0.15, 0.2) is 0 Å². The minimum Gasteiger partial charge on any atom is -0.466 e. The second-order valence-electron chi connectivity index (χ2n) is 5.00. The lowest BCUT2D eigenvalue weighted by molar-refractivity contribution is -0.136. The number of carbonyl (C=O) groups is 1. The van der Waals surface area contributed by atoms with E-state index in [0.717, 1.165) is 23.4 Å². The Hall–Kier alpha value is -2.03. The molecule has 0 aliphatic carbocycles. The van der Waals surface area contributed by atoms with Gasteiger partial charge in [-0.25, -0.2) is 4.79 Å². The van der Waals surface area contributed by atoms with Gasteiger partial charge in [0.25, 0.3) is 0 Å². The SMILES string of the molecule is CCC1=C(C)NC(C)=C(C(=O)OC)C1c1ccccc1. The van der Waals surface area contributed by atoms with E-state index in [4.69, 9.17) is 4.74 Å². The maximum atomic E-state index is 12.2. The second kappa shape index (κ2) is 5.95. The zero-order valence-corrected chi connectivity index (χ0v) is 12.5. The van der Waals surface area contributed by atoms with E-state index in [9.17, 15) is 4.79 Å². The topological polar surface area (TPSA) is 38.3 Å². The minimum atomic E-state index is -0.262. The number of esters is 1. The highest BCUT2D eigenvalue weighted by Gasteiger charge is 2.32. The summed E-state index contributed by atoms with van der Waals surface area (Å²) < 4.78 is 4.98. The van der Waals surface area contributed by atoms with E-state index < -0.39 is 0 Å². The summed E-state index contributed by atoms with van der Waals surface area (Å²) in [5, 5.41) is 3.30. The van der Waals surface area contributed by atoms with E-state index in [-0.39, 0.29) is 11.9 Å². The van der Waals surface area contributed by atoms with Crippen molar-refractivity contribution in [1.29, 1.82) is 0 Å². The average Bonchev–Trinajstić information content (AvgIpc) is 2.46. The molecular weight excluding hydrogens is 250 g/mol. The Morgan fingerprint density at radius 1 is 1.20 bits per heavy atom. The van der Waals surface area contributed by atoms with Gasteiger partial charge in [-0.2, -0.15) is 0 Å². The average molecular weight is 271 g/mol. The highest BCUT2D eigenvalue weighted by molar-refractivity contribution is 5.92. The largest absolute Gasteiger partial charge is 0.466 e. The second-order valence-corrected chi connectivity index (χ2v) is 5.00. The third-order valence-corrected chi connectivity index (χ3v) is 3.82. The van der Waals surface area contributed by atoms with Crippen LogP contribution >= 0.6 is 0 Å². The highest BCUT2D eigenvalue weighted by Crippen LogP contribution is 2.39. The quantitative estimate of drug-likeness (QED) is 0.855. The van der Waals surface area contributed by atoms with Crippen molar-refractivity contribution in [1.82, 2.24) is 5.32 Å². The molecule has 0 bridgehead atoms. The first-order chi connectivity index (χ1) is 9.60. The number of hydrogen-bond donors (Lipinski definition) is 1. The zero-order chi connectivity index (χ0) is 14.7. The van der Waals surface area contributed by atoms with E-state index in [2.05, 4.69) is 31.3 Å². The van der Waals surface area contributed by atoms with Crippen molar-refractivity contribution >= 4 is 5.97 Å². The number of carbonyl (C=O) groups excluding carboxylic acids is 1. The summed E-state index contributed by atoms with van der Waals surface area (Å²) in [6.07, 6.45) is 0.895. The predicted octanol–water partition coefficient (Wildman–Crippen LogP) is 3.50. The molecule has 0 spiro atoms. The first-order valence-corrected chi connectivity index (χ1v) is 6.90. The van der Waals surface area contributed by atoms with Crippen LogP contribution < -0.4 is 5.32 Å². The molecule has 2 rings (SSSR count). The maximum Gasteiger partial charge on any atom is 0.336 e. The van der Waals surface area contributed by atoms with E-state index >= 15 is 0 Å². The van der Waals surface area contributed by atoms with Crippen LogP contribution in [0.3, 0.4) is 0 Å². The predicted molar refractivity (Wildman–Crippen MR) is 80.0 cm³/mol. The number of ether oxygens (including phenoxy) is 1. The molecule has 106 valence electrons. The van der Waals surface area contributed by atoms with Crippen LogP contribution in [0.2, 0.25) is 0 Å². The number of nitrogens with one attached hydrogen (secondary N) is 1. The Morgan fingerprint density at radius 3 is 2.40 bits per heavy atom. The molecule has 1 aliphatic heterocycles. The number of dihydropyridines is 1. The zero-order valence-electron chi connectivity index (χ0n) is 12.5. The van der Waals surface area contributed by atoms with Crippen molar-refractivity contribution < 1.29 is 9.53 Å². The van der Waals surface area contributed by atoms with Crippen LogP contribution in [-0.2, 0) is 9.53 Å².